The Kier molecular flexibility index (Phi) is 3.43. The summed E-state index contributed by atoms with van der Waals surface area (Å²) < 4.78 is 6.01. The Labute approximate surface area is 117 Å². The lowest BCUT2D eigenvalue weighted by Crippen LogP contribution is -2.80. The van der Waals surface area contributed by atoms with Crippen LogP contribution in [0.15, 0.2) is 0 Å². The van der Waals surface area contributed by atoms with Gasteiger partial charge in [0.1, 0.15) is 0 Å². The molecule has 3 fully saturated rings. The van der Waals surface area contributed by atoms with Gasteiger partial charge in [0.25, 0.3) is 0 Å². The van der Waals surface area contributed by atoms with Crippen LogP contribution in [0.5, 0.6) is 0 Å². The van der Waals surface area contributed by atoms with Crippen molar-refractivity contribution in [3.63, 3.8) is 0 Å². The van der Waals surface area contributed by atoms with Gasteiger partial charge in [-0.25, -0.2) is 0 Å². The molecule has 0 aromatic carbocycles. The normalized spacial score (nSPS) is 40.9. The number of hydrogen-bond donors (Lipinski definition) is 1. The van der Waals surface area contributed by atoms with Crippen molar-refractivity contribution < 1.29 is 4.74 Å². The molecule has 3 atom stereocenters. The first-order valence-corrected chi connectivity index (χ1v) is 8.15. The molecular formula is C16H30N2O. The summed E-state index contributed by atoms with van der Waals surface area (Å²) in [6.07, 6.45) is 6.83. The van der Waals surface area contributed by atoms with Crippen LogP contribution in [0.3, 0.4) is 0 Å². The van der Waals surface area contributed by atoms with Gasteiger partial charge in [-0.1, -0.05) is 20.8 Å². The zero-order valence-electron chi connectivity index (χ0n) is 12.8. The van der Waals surface area contributed by atoms with Gasteiger partial charge < -0.3 is 10.5 Å². The lowest BCUT2D eigenvalue weighted by molar-refractivity contribution is -0.232. The van der Waals surface area contributed by atoms with Crippen LogP contribution < -0.4 is 5.73 Å². The Morgan fingerprint density at radius 2 is 2.00 bits per heavy atom. The molecular weight excluding hydrogens is 236 g/mol. The standard InChI is InChI=1S/C16H30N2O/c1-4-9-18(12-7-8-12)11-16(17)13-6-5-10-19-14(13)15(16,2)3/h12-14H,4-11,17H2,1-3H3. The van der Waals surface area contributed by atoms with Crippen molar-refractivity contribution in [2.24, 2.45) is 17.1 Å². The van der Waals surface area contributed by atoms with E-state index in [1.807, 2.05) is 0 Å². The Hall–Kier alpha value is -0.120. The van der Waals surface area contributed by atoms with E-state index in [1.54, 1.807) is 0 Å². The molecule has 0 aromatic heterocycles. The van der Waals surface area contributed by atoms with E-state index in [0.29, 0.717) is 12.0 Å². The first-order valence-electron chi connectivity index (χ1n) is 8.15. The van der Waals surface area contributed by atoms with Crippen molar-refractivity contribution in [3.8, 4) is 0 Å². The van der Waals surface area contributed by atoms with Gasteiger partial charge in [0.2, 0.25) is 0 Å². The predicted molar refractivity (Wildman–Crippen MR) is 78.0 cm³/mol. The van der Waals surface area contributed by atoms with Crippen LogP contribution in [0.4, 0.5) is 0 Å². The maximum Gasteiger partial charge on any atom is 0.0690 e. The van der Waals surface area contributed by atoms with E-state index in [4.69, 9.17) is 10.5 Å². The lowest BCUT2D eigenvalue weighted by Gasteiger charge is -2.67. The maximum absolute atomic E-state index is 6.91. The average Bonchev–Trinajstić information content (AvgIpc) is 3.22. The Morgan fingerprint density at radius 3 is 2.63 bits per heavy atom. The molecule has 0 amide bonds. The highest BCUT2D eigenvalue weighted by Crippen LogP contribution is 2.57. The Morgan fingerprint density at radius 1 is 1.26 bits per heavy atom. The fourth-order valence-electron chi connectivity index (χ4n) is 4.44. The second kappa shape index (κ2) is 4.71. The highest BCUT2D eigenvalue weighted by Gasteiger charge is 2.66. The summed E-state index contributed by atoms with van der Waals surface area (Å²) in [4.78, 5) is 2.66. The summed E-state index contributed by atoms with van der Waals surface area (Å²) in [5.41, 5.74) is 6.99. The topological polar surface area (TPSA) is 38.5 Å². The van der Waals surface area contributed by atoms with Gasteiger partial charge >= 0.3 is 0 Å². The molecule has 3 aliphatic rings. The van der Waals surface area contributed by atoms with E-state index in [9.17, 15) is 0 Å². The molecule has 2 saturated carbocycles. The predicted octanol–water partition coefficient (Wildman–Crippen LogP) is 2.39. The van der Waals surface area contributed by atoms with E-state index in [0.717, 1.165) is 19.2 Å². The maximum atomic E-state index is 6.91. The molecule has 0 aromatic rings. The summed E-state index contributed by atoms with van der Waals surface area (Å²) in [7, 11) is 0. The highest BCUT2D eigenvalue weighted by molar-refractivity contribution is 5.21. The molecule has 3 nitrogen and oxygen atoms in total. The zero-order chi connectivity index (χ0) is 13.7. The van der Waals surface area contributed by atoms with Crippen molar-refractivity contribution in [1.82, 2.24) is 4.90 Å². The van der Waals surface area contributed by atoms with Crippen LogP contribution in [-0.4, -0.2) is 42.3 Å². The smallest absolute Gasteiger partial charge is 0.0690 e. The van der Waals surface area contributed by atoms with Gasteiger partial charge in [-0.15, -0.1) is 0 Å². The lowest BCUT2D eigenvalue weighted by atomic mass is 9.46. The zero-order valence-corrected chi connectivity index (χ0v) is 12.8. The molecule has 110 valence electrons. The van der Waals surface area contributed by atoms with Crippen LogP contribution in [0.1, 0.15) is 52.9 Å². The molecule has 1 saturated heterocycles. The molecule has 0 bridgehead atoms. The highest BCUT2D eigenvalue weighted by atomic mass is 16.5. The third kappa shape index (κ3) is 2.05. The second-order valence-corrected chi connectivity index (χ2v) is 7.50. The van der Waals surface area contributed by atoms with Crippen molar-refractivity contribution in [1.29, 1.82) is 0 Å². The molecule has 0 radical (unpaired) electrons. The van der Waals surface area contributed by atoms with Gasteiger partial charge in [0.05, 0.1) is 6.10 Å². The fraction of sp³-hybridized carbons (Fsp3) is 1.00. The molecule has 2 N–H and O–H groups in total. The number of hydrogen-bond acceptors (Lipinski definition) is 3. The van der Waals surface area contributed by atoms with Gasteiger partial charge in [-0.2, -0.15) is 0 Å². The van der Waals surface area contributed by atoms with E-state index in [2.05, 4.69) is 25.7 Å². The van der Waals surface area contributed by atoms with Crippen LogP contribution in [-0.2, 0) is 4.74 Å². The minimum atomic E-state index is -0.0458. The van der Waals surface area contributed by atoms with Crippen molar-refractivity contribution in [2.75, 3.05) is 19.7 Å². The Balaban J connectivity index is 1.73. The van der Waals surface area contributed by atoms with E-state index in [-0.39, 0.29) is 11.0 Å². The summed E-state index contributed by atoms with van der Waals surface area (Å²) >= 11 is 0. The molecule has 1 aliphatic heterocycles. The van der Waals surface area contributed by atoms with Crippen LogP contribution in [0.25, 0.3) is 0 Å². The monoisotopic (exact) mass is 266 g/mol. The molecule has 2 aliphatic carbocycles. The second-order valence-electron chi connectivity index (χ2n) is 7.50. The summed E-state index contributed by atoms with van der Waals surface area (Å²) in [6.45, 7) is 10.1. The summed E-state index contributed by atoms with van der Waals surface area (Å²) in [5, 5.41) is 0. The van der Waals surface area contributed by atoms with Gasteiger partial charge in [-0.3, -0.25) is 4.90 Å². The number of fused-ring (bicyclic) bond motifs is 1. The van der Waals surface area contributed by atoms with Gasteiger partial charge in [0, 0.05) is 36.1 Å². The average molecular weight is 266 g/mol. The molecule has 3 rings (SSSR count). The minimum Gasteiger partial charge on any atom is -0.377 e. The van der Waals surface area contributed by atoms with Gasteiger partial charge in [-0.05, 0) is 38.6 Å². The minimum absolute atomic E-state index is 0.0458. The Bertz CT molecular complexity index is 340. The van der Waals surface area contributed by atoms with Crippen molar-refractivity contribution in [2.45, 2.75) is 70.6 Å². The van der Waals surface area contributed by atoms with Crippen LogP contribution in [0.2, 0.25) is 0 Å². The number of rotatable bonds is 5. The molecule has 3 heteroatoms. The molecule has 3 unspecified atom stereocenters. The van der Waals surface area contributed by atoms with Crippen molar-refractivity contribution >= 4 is 0 Å². The van der Waals surface area contributed by atoms with Crippen LogP contribution in [0, 0.1) is 11.3 Å². The van der Waals surface area contributed by atoms with E-state index >= 15 is 0 Å². The SMILES string of the molecule is CCCN(CC1(N)C2CCCOC2C1(C)C)C1CC1. The van der Waals surface area contributed by atoms with Crippen LogP contribution >= 0.6 is 0 Å². The third-order valence-electron chi connectivity index (χ3n) is 5.93. The molecule has 19 heavy (non-hydrogen) atoms. The van der Waals surface area contributed by atoms with E-state index in [1.165, 1.54) is 38.6 Å². The summed E-state index contributed by atoms with van der Waals surface area (Å²) in [6, 6.07) is 0.819. The number of nitrogens with zero attached hydrogens (tertiary/aromatic N) is 1. The molecule has 0 spiro atoms. The summed E-state index contributed by atoms with van der Waals surface area (Å²) in [5.74, 6) is 0.578. The number of ether oxygens (including phenoxy) is 1. The van der Waals surface area contributed by atoms with Gasteiger partial charge in [0.15, 0.2) is 0 Å². The quantitative estimate of drug-likeness (QED) is 0.830. The largest absolute Gasteiger partial charge is 0.377 e. The van der Waals surface area contributed by atoms with Crippen molar-refractivity contribution in [3.05, 3.63) is 0 Å². The third-order valence-corrected chi connectivity index (χ3v) is 5.93. The molecule has 1 heterocycles. The first kappa shape index (κ1) is 13.8. The number of nitrogens with two attached hydrogens (primary N) is 1. The fourth-order valence-corrected chi connectivity index (χ4v) is 4.44. The first-order chi connectivity index (χ1) is 9.00. The van der Waals surface area contributed by atoms with E-state index < -0.39 is 0 Å².